The predicted octanol–water partition coefficient (Wildman–Crippen LogP) is 2.19. The fourth-order valence-electron chi connectivity index (χ4n) is 2.78. The number of hydrogen-bond acceptors (Lipinski definition) is 8. The van der Waals surface area contributed by atoms with Crippen molar-refractivity contribution in [1.29, 1.82) is 0 Å². The summed E-state index contributed by atoms with van der Waals surface area (Å²) in [6, 6.07) is 6.65. The number of amides is 2. The SMILES string of the molecule is CC[C@@H]1COC(=O)c2cccc(n2)C(=O)OC[C@@H](CC)NC(=O)c2ccc(s2)C(=O)N1. The summed E-state index contributed by atoms with van der Waals surface area (Å²) >= 11 is 1.06. The molecule has 1 aliphatic rings. The Morgan fingerprint density at radius 2 is 1.29 bits per heavy atom. The highest BCUT2D eigenvalue weighted by Gasteiger charge is 2.22. The van der Waals surface area contributed by atoms with Crippen molar-refractivity contribution in [2.45, 2.75) is 38.8 Å². The van der Waals surface area contributed by atoms with Crippen LogP contribution in [0.4, 0.5) is 0 Å². The van der Waals surface area contributed by atoms with E-state index in [0.717, 1.165) is 11.3 Å². The van der Waals surface area contributed by atoms with Crippen molar-refractivity contribution in [3.8, 4) is 0 Å². The Labute approximate surface area is 183 Å². The van der Waals surface area contributed by atoms with Crippen LogP contribution < -0.4 is 10.6 Å². The second-order valence-electron chi connectivity index (χ2n) is 6.93. The van der Waals surface area contributed by atoms with Gasteiger partial charge in [-0.3, -0.25) is 9.59 Å². The molecule has 0 saturated carbocycles. The van der Waals surface area contributed by atoms with Gasteiger partial charge in [0.05, 0.1) is 21.8 Å². The van der Waals surface area contributed by atoms with Gasteiger partial charge in [0.2, 0.25) is 0 Å². The van der Waals surface area contributed by atoms with Crippen molar-refractivity contribution < 1.29 is 28.7 Å². The molecule has 0 aliphatic carbocycles. The van der Waals surface area contributed by atoms with Crippen LogP contribution in [0.25, 0.3) is 0 Å². The largest absolute Gasteiger partial charge is 0.459 e. The molecule has 2 amide bonds. The molecular weight excluding hydrogens is 422 g/mol. The fraction of sp³-hybridized carbons (Fsp3) is 0.381. The Balaban J connectivity index is 1.87. The summed E-state index contributed by atoms with van der Waals surface area (Å²) in [6.07, 6.45) is 1.05. The highest BCUT2D eigenvalue weighted by molar-refractivity contribution is 7.15. The maximum Gasteiger partial charge on any atom is 0.357 e. The normalized spacial score (nSPS) is 20.6. The quantitative estimate of drug-likeness (QED) is 0.679. The summed E-state index contributed by atoms with van der Waals surface area (Å²) in [5.41, 5.74) is -0.0834. The van der Waals surface area contributed by atoms with Gasteiger partial charge in [-0.1, -0.05) is 19.9 Å². The van der Waals surface area contributed by atoms with Crippen LogP contribution in [0.15, 0.2) is 30.3 Å². The zero-order valence-electron chi connectivity index (χ0n) is 17.2. The summed E-state index contributed by atoms with van der Waals surface area (Å²) < 4.78 is 10.5. The van der Waals surface area contributed by atoms with E-state index in [4.69, 9.17) is 9.47 Å². The van der Waals surface area contributed by atoms with Gasteiger partial charge in [0.1, 0.15) is 24.6 Å². The minimum Gasteiger partial charge on any atom is -0.459 e. The second-order valence-corrected chi connectivity index (χ2v) is 8.01. The number of hydrogen-bond donors (Lipinski definition) is 2. The number of esters is 2. The van der Waals surface area contributed by atoms with Gasteiger partial charge in [-0.05, 0) is 37.1 Å². The highest BCUT2D eigenvalue weighted by Crippen LogP contribution is 2.17. The first-order valence-electron chi connectivity index (χ1n) is 9.94. The molecule has 3 heterocycles. The summed E-state index contributed by atoms with van der Waals surface area (Å²) in [5.74, 6) is -2.12. The van der Waals surface area contributed by atoms with Gasteiger partial charge in [-0.25, -0.2) is 14.6 Å². The van der Waals surface area contributed by atoms with Crippen LogP contribution in [-0.2, 0) is 9.47 Å². The molecule has 0 radical (unpaired) electrons. The molecule has 3 rings (SSSR count). The molecule has 0 fully saturated rings. The van der Waals surface area contributed by atoms with E-state index in [-0.39, 0.29) is 36.4 Å². The van der Waals surface area contributed by atoms with Crippen LogP contribution in [-0.4, -0.2) is 54.0 Å². The van der Waals surface area contributed by atoms with Crippen molar-refractivity contribution >= 4 is 35.1 Å². The number of carbonyl (C=O) groups is 4. The van der Waals surface area contributed by atoms with E-state index in [1.165, 1.54) is 18.2 Å². The zero-order valence-corrected chi connectivity index (χ0v) is 18.0. The number of nitrogens with one attached hydrogen (secondary N) is 2. The Morgan fingerprint density at radius 3 is 1.71 bits per heavy atom. The summed E-state index contributed by atoms with van der Waals surface area (Å²) in [7, 11) is 0. The monoisotopic (exact) mass is 445 g/mol. The topological polar surface area (TPSA) is 124 Å². The number of nitrogens with zero attached hydrogens (tertiary/aromatic N) is 1. The molecule has 31 heavy (non-hydrogen) atoms. The molecule has 164 valence electrons. The molecule has 9 nitrogen and oxygen atoms in total. The van der Waals surface area contributed by atoms with Crippen molar-refractivity contribution in [2.75, 3.05) is 13.2 Å². The van der Waals surface area contributed by atoms with E-state index in [1.807, 2.05) is 13.8 Å². The van der Waals surface area contributed by atoms with E-state index in [0.29, 0.717) is 22.6 Å². The predicted molar refractivity (Wildman–Crippen MR) is 112 cm³/mol. The highest BCUT2D eigenvalue weighted by atomic mass is 32.1. The number of thiophene rings is 1. The Bertz CT molecular complexity index is 917. The smallest absolute Gasteiger partial charge is 0.357 e. The molecule has 0 saturated heterocycles. The van der Waals surface area contributed by atoms with E-state index in [1.54, 1.807) is 12.1 Å². The van der Waals surface area contributed by atoms with Gasteiger partial charge < -0.3 is 20.1 Å². The number of carbonyl (C=O) groups excluding carboxylic acids is 4. The number of fused-ring (bicyclic) bond motifs is 4. The third-order valence-electron chi connectivity index (χ3n) is 4.71. The number of pyridine rings is 1. The average molecular weight is 445 g/mol. The molecule has 2 aromatic rings. The van der Waals surface area contributed by atoms with Gasteiger partial charge in [0, 0.05) is 0 Å². The molecular formula is C21H23N3O6S. The van der Waals surface area contributed by atoms with E-state index in [9.17, 15) is 19.2 Å². The molecule has 0 spiro atoms. The van der Waals surface area contributed by atoms with Crippen LogP contribution in [0.3, 0.4) is 0 Å². The number of aromatic nitrogens is 1. The lowest BCUT2D eigenvalue weighted by molar-refractivity contribution is 0.0436. The molecule has 2 atom stereocenters. The summed E-state index contributed by atoms with van der Waals surface area (Å²) in [4.78, 5) is 54.6. The van der Waals surface area contributed by atoms with E-state index >= 15 is 0 Å². The maximum atomic E-state index is 12.5. The lowest BCUT2D eigenvalue weighted by atomic mass is 10.2. The number of ether oxygens (including phenoxy) is 2. The van der Waals surface area contributed by atoms with Gasteiger partial charge in [-0.15, -0.1) is 11.3 Å². The van der Waals surface area contributed by atoms with Crippen molar-refractivity contribution in [3.63, 3.8) is 0 Å². The van der Waals surface area contributed by atoms with Crippen molar-refractivity contribution in [2.24, 2.45) is 0 Å². The minimum absolute atomic E-state index is 0.0417. The molecule has 10 heteroatoms. The summed E-state index contributed by atoms with van der Waals surface area (Å²) in [5, 5.41) is 5.61. The molecule has 0 aromatic carbocycles. The van der Waals surface area contributed by atoms with Gasteiger partial charge in [-0.2, -0.15) is 0 Å². The molecule has 4 bridgehead atoms. The van der Waals surface area contributed by atoms with Gasteiger partial charge in [0.25, 0.3) is 11.8 Å². The fourth-order valence-corrected chi connectivity index (χ4v) is 3.59. The van der Waals surface area contributed by atoms with Gasteiger partial charge >= 0.3 is 11.9 Å². The summed E-state index contributed by atoms with van der Waals surface area (Å²) in [6.45, 7) is 3.57. The Morgan fingerprint density at radius 1 is 0.839 bits per heavy atom. The first-order valence-corrected chi connectivity index (χ1v) is 10.8. The molecule has 0 unspecified atom stereocenters. The third-order valence-corrected chi connectivity index (χ3v) is 5.79. The van der Waals surface area contributed by atoms with Gasteiger partial charge in [0.15, 0.2) is 0 Å². The van der Waals surface area contributed by atoms with E-state index < -0.39 is 24.0 Å². The lowest BCUT2D eigenvalue weighted by Gasteiger charge is -2.17. The Hall–Kier alpha value is -3.27. The number of rotatable bonds is 2. The van der Waals surface area contributed by atoms with E-state index in [2.05, 4.69) is 15.6 Å². The average Bonchev–Trinajstić information content (AvgIpc) is 3.28. The lowest BCUT2D eigenvalue weighted by Crippen LogP contribution is -2.38. The van der Waals surface area contributed by atoms with Crippen LogP contribution >= 0.6 is 11.3 Å². The Kier molecular flexibility index (Phi) is 7.35. The molecule has 2 N–H and O–H groups in total. The van der Waals surface area contributed by atoms with Crippen LogP contribution in [0.1, 0.15) is 67.0 Å². The zero-order chi connectivity index (χ0) is 22.4. The third kappa shape index (κ3) is 5.66. The van der Waals surface area contributed by atoms with Crippen LogP contribution in [0, 0.1) is 0 Å². The first-order chi connectivity index (χ1) is 14.9. The molecule has 2 aromatic heterocycles. The first kappa shape index (κ1) is 22.4. The standard InChI is InChI=1S/C21H23N3O6S/c1-3-12-10-29-20(27)14-6-5-7-15(24-14)21(28)30-11-13(4-2)23-19(26)17-9-8-16(31-17)18(25)22-12/h5-9,12-13H,3-4,10-11H2,1-2H3,(H,22,25)(H,23,26)/t12-,13-/m1/s1. The second kappa shape index (κ2) is 10.2. The molecule has 1 aliphatic heterocycles. The number of cyclic esters (lactones) is 2. The van der Waals surface area contributed by atoms with Crippen molar-refractivity contribution in [1.82, 2.24) is 15.6 Å². The van der Waals surface area contributed by atoms with Crippen LogP contribution in [0.2, 0.25) is 0 Å². The van der Waals surface area contributed by atoms with Crippen LogP contribution in [0.5, 0.6) is 0 Å². The maximum absolute atomic E-state index is 12.5. The van der Waals surface area contributed by atoms with Crippen molar-refractivity contribution in [3.05, 3.63) is 51.5 Å². The minimum atomic E-state index is -0.708.